The molecule has 0 aliphatic carbocycles. The largest absolute Gasteiger partial charge is 0.493 e. The molecule has 1 aliphatic heterocycles. The second kappa shape index (κ2) is 9.41. The molecule has 0 radical (unpaired) electrons. The number of furan rings is 1. The number of thiophene rings is 1. The summed E-state index contributed by atoms with van der Waals surface area (Å²) < 4.78 is 16.1. The van der Waals surface area contributed by atoms with Gasteiger partial charge in [0.2, 0.25) is 0 Å². The van der Waals surface area contributed by atoms with Gasteiger partial charge in [-0.3, -0.25) is 9.59 Å². The molecule has 0 saturated carbocycles. The normalized spacial score (nSPS) is 15.7. The minimum Gasteiger partial charge on any atom is -0.493 e. The number of carbonyl (C=O) groups is 2. The van der Waals surface area contributed by atoms with Gasteiger partial charge in [-0.2, -0.15) is 5.10 Å². The smallest absolute Gasteiger partial charge is 0.309 e. The second-order valence-electron chi connectivity index (χ2n) is 6.57. The van der Waals surface area contributed by atoms with Crippen LogP contribution in [0.3, 0.4) is 0 Å². The molecular weight excluding hydrogens is 404 g/mol. The van der Waals surface area contributed by atoms with Crippen LogP contribution in [0, 0.1) is 0 Å². The molecule has 0 saturated heterocycles. The van der Waals surface area contributed by atoms with E-state index in [-0.39, 0.29) is 25.7 Å². The van der Waals surface area contributed by atoms with Gasteiger partial charge < -0.3 is 13.9 Å². The van der Waals surface area contributed by atoms with Crippen LogP contribution in [0.4, 0.5) is 0 Å². The summed E-state index contributed by atoms with van der Waals surface area (Å²) in [6.07, 6.45) is 2.15. The molecule has 0 bridgehead atoms. The summed E-state index contributed by atoms with van der Waals surface area (Å²) in [6, 6.07) is 16.3. The van der Waals surface area contributed by atoms with Gasteiger partial charge in [-0.25, -0.2) is 5.01 Å². The van der Waals surface area contributed by atoms with Crippen LogP contribution in [-0.2, 0) is 14.3 Å². The van der Waals surface area contributed by atoms with E-state index < -0.39 is 11.9 Å². The van der Waals surface area contributed by atoms with Crippen LogP contribution in [-0.4, -0.2) is 35.8 Å². The number of hydrazone groups is 1. The van der Waals surface area contributed by atoms with Gasteiger partial charge >= 0.3 is 5.97 Å². The van der Waals surface area contributed by atoms with Crippen LogP contribution in [0.5, 0.6) is 5.75 Å². The van der Waals surface area contributed by atoms with Crippen LogP contribution < -0.4 is 4.74 Å². The summed E-state index contributed by atoms with van der Waals surface area (Å²) in [5.41, 5.74) is 0.808. The van der Waals surface area contributed by atoms with Gasteiger partial charge in [0.25, 0.3) is 5.91 Å². The van der Waals surface area contributed by atoms with Crippen molar-refractivity contribution in [2.45, 2.75) is 18.9 Å². The van der Waals surface area contributed by atoms with Gasteiger partial charge in [0.15, 0.2) is 6.61 Å². The van der Waals surface area contributed by atoms with Crippen LogP contribution in [0.1, 0.15) is 29.5 Å². The number of para-hydroxylation sites is 1. The highest BCUT2D eigenvalue weighted by molar-refractivity contribution is 7.12. The molecule has 8 heteroatoms. The first kappa shape index (κ1) is 19.9. The summed E-state index contributed by atoms with van der Waals surface area (Å²) in [5.74, 6) is 0.409. The Morgan fingerprint density at radius 1 is 1.13 bits per heavy atom. The molecule has 2 aromatic heterocycles. The van der Waals surface area contributed by atoms with Crippen LogP contribution in [0.25, 0.3) is 0 Å². The topological polar surface area (TPSA) is 81.3 Å². The van der Waals surface area contributed by atoms with E-state index in [0.29, 0.717) is 17.9 Å². The maximum Gasteiger partial charge on any atom is 0.309 e. The van der Waals surface area contributed by atoms with Crippen molar-refractivity contribution in [3.8, 4) is 5.75 Å². The van der Waals surface area contributed by atoms with E-state index in [4.69, 9.17) is 13.9 Å². The minimum absolute atomic E-state index is 0.0491. The SMILES string of the molecule is O=C(CCOc1ccccc1)OCC(=O)N1N=C(c2cccs2)CC1c1ccco1. The summed E-state index contributed by atoms with van der Waals surface area (Å²) in [5, 5.41) is 7.79. The molecule has 3 heterocycles. The number of ether oxygens (including phenoxy) is 2. The predicted octanol–water partition coefficient (Wildman–Crippen LogP) is 4.03. The van der Waals surface area contributed by atoms with Gasteiger partial charge in [0, 0.05) is 6.42 Å². The zero-order valence-corrected chi connectivity index (χ0v) is 16.9. The molecule has 7 nitrogen and oxygen atoms in total. The van der Waals surface area contributed by atoms with Gasteiger partial charge in [-0.05, 0) is 35.7 Å². The third-order valence-electron chi connectivity index (χ3n) is 4.52. The van der Waals surface area contributed by atoms with Crippen molar-refractivity contribution in [1.82, 2.24) is 5.01 Å². The fraction of sp³-hybridized carbons (Fsp3) is 0.227. The summed E-state index contributed by atoms with van der Waals surface area (Å²) in [6.45, 7) is -0.209. The monoisotopic (exact) mass is 424 g/mol. The molecule has 30 heavy (non-hydrogen) atoms. The lowest BCUT2D eigenvalue weighted by Crippen LogP contribution is -2.31. The minimum atomic E-state index is -0.504. The number of rotatable bonds is 8. The maximum absolute atomic E-state index is 12.7. The highest BCUT2D eigenvalue weighted by Gasteiger charge is 2.35. The Kier molecular flexibility index (Phi) is 6.24. The number of amides is 1. The van der Waals surface area contributed by atoms with Gasteiger partial charge in [0.1, 0.15) is 17.6 Å². The van der Waals surface area contributed by atoms with E-state index in [1.165, 1.54) is 5.01 Å². The summed E-state index contributed by atoms with van der Waals surface area (Å²) in [7, 11) is 0. The first-order valence-corrected chi connectivity index (χ1v) is 10.4. The molecule has 1 atom stereocenters. The lowest BCUT2D eigenvalue weighted by atomic mass is 10.1. The van der Waals surface area contributed by atoms with Crippen molar-refractivity contribution in [2.75, 3.05) is 13.2 Å². The van der Waals surface area contributed by atoms with E-state index in [2.05, 4.69) is 5.10 Å². The third-order valence-corrected chi connectivity index (χ3v) is 5.44. The number of hydrogen-bond acceptors (Lipinski definition) is 7. The number of esters is 1. The average molecular weight is 424 g/mol. The highest BCUT2D eigenvalue weighted by Crippen LogP contribution is 2.34. The van der Waals surface area contributed by atoms with Gasteiger partial charge in [-0.15, -0.1) is 11.3 Å². The molecule has 154 valence electrons. The van der Waals surface area contributed by atoms with Crippen molar-refractivity contribution < 1.29 is 23.5 Å². The maximum atomic E-state index is 12.7. The first-order valence-electron chi connectivity index (χ1n) is 9.51. The molecule has 1 amide bonds. The third kappa shape index (κ3) is 4.77. The van der Waals surface area contributed by atoms with E-state index in [1.54, 1.807) is 35.8 Å². The average Bonchev–Trinajstić information content (AvgIpc) is 3.53. The van der Waals surface area contributed by atoms with Crippen molar-refractivity contribution in [3.63, 3.8) is 0 Å². The van der Waals surface area contributed by atoms with Crippen molar-refractivity contribution >= 4 is 28.9 Å². The molecular formula is C22H20N2O5S. The molecule has 1 aliphatic rings. The van der Waals surface area contributed by atoms with Crippen LogP contribution in [0.2, 0.25) is 0 Å². The number of nitrogens with zero attached hydrogens (tertiary/aromatic N) is 2. The quantitative estimate of drug-likeness (QED) is 0.510. The number of carbonyl (C=O) groups excluding carboxylic acids is 2. The molecule has 3 aromatic rings. The Morgan fingerprint density at radius 3 is 2.73 bits per heavy atom. The van der Waals surface area contributed by atoms with Crippen LogP contribution in [0.15, 0.2) is 75.8 Å². The zero-order chi connectivity index (χ0) is 20.8. The molecule has 0 N–H and O–H groups in total. The highest BCUT2D eigenvalue weighted by atomic mass is 32.1. The second-order valence-corrected chi connectivity index (χ2v) is 7.52. The van der Waals surface area contributed by atoms with Gasteiger partial charge in [-0.1, -0.05) is 24.3 Å². The van der Waals surface area contributed by atoms with E-state index in [0.717, 1.165) is 10.6 Å². The first-order chi connectivity index (χ1) is 14.7. The zero-order valence-electron chi connectivity index (χ0n) is 16.1. The summed E-state index contributed by atoms with van der Waals surface area (Å²) >= 11 is 1.56. The lowest BCUT2D eigenvalue weighted by molar-refractivity contribution is -0.153. The molecule has 4 rings (SSSR count). The Morgan fingerprint density at radius 2 is 2.00 bits per heavy atom. The van der Waals surface area contributed by atoms with Gasteiger partial charge in [0.05, 0.1) is 29.9 Å². The number of benzene rings is 1. The Bertz CT molecular complexity index is 1000. The predicted molar refractivity (Wildman–Crippen MR) is 111 cm³/mol. The van der Waals surface area contributed by atoms with E-state index >= 15 is 0 Å². The summed E-state index contributed by atoms with van der Waals surface area (Å²) in [4.78, 5) is 25.7. The van der Waals surface area contributed by atoms with E-state index in [9.17, 15) is 9.59 Å². The van der Waals surface area contributed by atoms with Crippen molar-refractivity contribution in [1.29, 1.82) is 0 Å². The molecule has 0 spiro atoms. The van der Waals surface area contributed by atoms with Crippen LogP contribution >= 0.6 is 11.3 Å². The molecule has 0 fully saturated rings. The Labute approximate surface area is 177 Å². The number of hydrogen-bond donors (Lipinski definition) is 0. The van der Waals surface area contributed by atoms with Crippen molar-refractivity contribution in [3.05, 3.63) is 76.9 Å². The fourth-order valence-corrected chi connectivity index (χ4v) is 3.80. The van der Waals surface area contributed by atoms with Crippen molar-refractivity contribution in [2.24, 2.45) is 5.10 Å². The standard InChI is InChI=1S/C22H20N2O5S/c25-21(15-29-22(26)10-12-27-16-6-2-1-3-7-16)24-18(19-8-4-11-28-19)14-17(23-24)20-9-5-13-30-20/h1-9,11,13,18H,10,12,14-15H2. The lowest BCUT2D eigenvalue weighted by Gasteiger charge is -2.19. The molecule has 1 unspecified atom stereocenters. The Hall–Kier alpha value is -3.39. The fourth-order valence-electron chi connectivity index (χ4n) is 3.08. The Balaban J connectivity index is 1.33. The molecule has 1 aromatic carbocycles. The van der Waals surface area contributed by atoms with E-state index in [1.807, 2.05) is 41.8 Å².